The van der Waals surface area contributed by atoms with E-state index in [4.69, 9.17) is 21.1 Å². The lowest BCUT2D eigenvalue weighted by Gasteiger charge is -2.37. The van der Waals surface area contributed by atoms with E-state index >= 15 is 0 Å². The summed E-state index contributed by atoms with van der Waals surface area (Å²) >= 11 is 6.53. The molecule has 4 rings (SSSR count). The van der Waals surface area contributed by atoms with Crippen LogP contribution in [-0.2, 0) is 23.9 Å². The van der Waals surface area contributed by atoms with E-state index in [2.05, 4.69) is 13.2 Å². The number of amides is 2. The number of hydrogen-bond acceptors (Lipinski definition) is 6. The van der Waals surface area contributed by atoms with Crippen molar-refractivity contribution >= 4 is 35.1 Å². The molecule has 9 heteroatoms. The molecule has 0 radical (unpaired) electrons. The highest BCUT2D eigenvalue weighted by atomic mass is 35.5. The average Bonchev–Trinajstić information content (AvgIpc) is 3.44. The maximum atomic E-state index is 14.6. The van der Waals surface area contributed by atoms with Crippen LogP contribution in [0, 0.1) is 17.8 Å². The van der Waals surface area contributed by atoms with Gasteiger partial charge in [0.2, 0.25) is 5.91 Å². The second kappa shape index (κ2) is 12.5. The molecular formula is C31H41ClN2O6. The van der Waals surface area contributed by atoms with Gasteiger partial charge >= 0.3 is 5.97 Å². The number of anilines is 1. The highest BCUT2D eigenvalue weighted by molar-refractivity contribution is 6.34. The highest BCUT2D eigenvalue weighted by Crippen LogP contribution is 2.65. The molecule has 2 amide bonds. The molecule has 1 aromatic rings. The van der Waals surface area contributed by atoms with Crippen LogP contribution >= 0.6 is 11.6 Å². The first-order valence-electron chi connectivity index (χ1n) is 14.2. The predicted molar refractivity (Wildman–Crippen MR) is 154 cm³/mol. The van der Waals surface area contributed by atoms with Crippen molar-refractivity contribution in [2.24, 2.45) is 17.8 Å². The number of aliphatic hydroxyl groups excluding tert-OH is 1. The fourth-order valence-corrected chi connectivity index (χ4v) is 7.17. The van der Waals surface area contributed by atoms with Crippen molar-refractivity contribution in [2.75, 3.05) is 31.2 Å². The van der Waals surface area contributed by atoms with E-state index in [1.807, 2.05) is 13.8 Å². The van der Waals surface area contributed by atoms with Crippen molar-refractivity contribution < 1.29 is 29.0 Å². The summed E-state index contributed by atoms with van der Waals surface area (Å²) in [5.41, 5.74) is -1.60. The van der Waals surface area contributed by atoms with Gasteiger partial charge in [-0.1, -0.05) is 42.8 Å². The van der Waals surface area contributed by atoms with Gasteiger partial charge in [0.15, 0.2) is 0 Å². The van der Waals surface area contributed by atoms with Gasteiger partial charge in [0, 0.05) is 19.7 Å². The summed E-state index contributed by atoms with van der Waals surface area (Å²) in [6, 6.07) is 6.13. The second-order valence-corrected chi connectivity index (χ2v) is 11.7. The van der Waals surface area contributed by atoms with Crippen LogP contribution in [0.25, 0.3) is 0 Å². The van der Waals surface area contributed by atoms with Gasteiger partial charge in [0.05, 0.1) is 28.8 Å². The SMILES string of the molecule is C=CCCCOC(=O)[C@@H]1[C@H]2C(=O)N(CCCCCO)C(C(=O)N(CC=C)c3ccccc3Cl)C23CC(C)[C@@]1(C)O3. The lowest BCUT2D eigenvalue weighted by atomic mass is 9.62. The van der Waals surface area contributed by atoms with E-state index < -0.39 is 35.0 Å². The lowest BCUT2D eigenvalue weighted by Crippen LogP contribution is -2.57. The molecule has 3 fully saturated rings. The van der Waals surface area contributed by atoms with Crippen LogP contribution in [0.5, 0.6) is 0 Å². The molecule has 0 saturated carbocycles. The van der Waals surface area contributed by atoms with E-state index in [0.29, 0.717) is 55.8 Å². The number of benzene rings is 1. The first kappa shape index (κ1) is 30.3. The van der Waals surface area contributed by atoms with Crippen LogP contribution in [0.15, 0.2) is 49.6 Å². The standard InChI is InChI=1S/C31H41ClN2O6/c1-5-7-13-19-39-29(38)25-24-27(36)34(17-11-8-12-18-35)26(31(24)20-21(3)30(25,4)40-31)28(37)33(16-6-2)23-15-10-9-14-22(23)32/h5-6,9-10,14-15,21,24-26,35H,1-2,7-8,11-13,16-20H2,3-4H3/t21?,24-,25-,26?,30+,31?/m0/s1. The summed E-state index contributed by atoms with van der Waals surface area (Å²) < 4.78 is 12.4. The Hall–Kier alpha value is -2.68. The molecule has 0 aliphatic carbocycles. The Morgan fingerprint density at radius 2 is 1.98 bits per heavy atom. The monoisotopic (exact) mass is 572 g/mol. The number of aliphatic hydroxyl groups is 1. The predicted octanol–water partition coefficient (Wildman–Crippen LogP) is 4.54. The van der Waals surface area contributed by atoms with Crippen molar-refractivity contribution in [1.82, 2.24) is 4.90 Å². The minimum atomic E-state index is -1.18. The first-order chi connectivity index (χ1) is 19.2. The lowest BCUT2D eigenvalue weighted by molar-refractivity contribution is -0.161. The van der Waals surface area contributed by atoms with E-state index in [0.717, 1.165) is 0 Å². The number of unbranched alkanes of at least 4 members (excludes halogenated alkanes) is 3. The number of esters is 1. The fraction of sp³-hybridized carbons (Fsp3) is 0.581. The van der Waals surface area contributed by atoms with Gasteiger partial charge in [0.1, 0.15) is 17.6 Å². The van der Waals surface area contributed by atoms with Crippen LogP contribution in [0.3, 0.4) is 0 Å². The van der Waals surface area contributed by atoms with E-state index in [1.54, 1.807) is 46.2 Å². The Labute approximate surface area is 241 Å². The van der Waals surface area contributed by atoms with Crippen molar-refractivity contribution in [3.63, 3.8) is 0 Å². The number of fused-ring (bicyclic) bond motifs is 1. The topological polar surface area (TPSA) is 96.4 Å². The van der Waals surface area contributed by atoms with Gasteiger partial charge in [0.25, 0.3) is 5.91 Å². The molecule has 6 atom stereocenters. The number of likely N-dealkylation sites (tertiary alicyclic amines) is 1. The molecule has 3 aliphatic rings. The van der Waals surface area contributed by atoms with Crippen molar-refractivity contribution in [3.05, 3.63) is 54.6 Å². The van der Waals surface area contributed by atoms with Crippen molar-refractivity contribution in [2.45, 2.75) is 69.6 Å². The molecule has 0 aromatic heterocycles. The summed E-state index contributed by atoms with van der Waals surface area (Å²) in [4.78, 5) is 45.5. The Kier molecular flexibility index (Phi) is 9.43. The number of ether oxygens (including phenoxy) is 2. The van der Waals surface area contributed by atoms with Gasteiger partial charge in [-0.05, 0) is 63.5 Å². The van der Waals surface area contributed by atoms with Gasteiger partial charge in [-0.2, -0.15) is 0 Å². The number of para-hydroxylation sites is 1. The zero-order valence-corrected chi connectivity index (χ0v) is 24.3. The fourth-order valence-electron chi connectivity index (χ4n) is 6.93. The van der Waals surface area contributed by atoms with E-state index in [-0.39, 0.29) is 37.5 Å². The minimum absolute atomic E-state index is 0.0568. The Balaban J connectivity index is 1.75. The minimum Gasteiger partial charge on any atom is -0.465 e. The van der Waals surface area contributed by atoms with Crippen LogP contribution < -0.4 is 4.90 Å². The highest BCUT2D eigenvalue weighted by Gasteiger charge is 2.80. The third-order valence-corrected chi connectivity index (χ3v) is 9.20. The first-order valence-corrected chi connectivity index (χ1v) is 14.6. The molecule has 1 spiro atoms. The molecule has 8 nitrogen and oxygen atoms in total. The third-order valence-electron chi connectivity index (χ3n) is 8.88. The Morgan fingerprint density at radius 3 is 2.65 bits per heavy atom. The van der Waals surface area contributed by atoms with E-state index in [1.165, 1.54) is 0 Å². The summed E-state index contributed by atoms with van der Waals surface area (Å²) in [5.74, 6) is -2.77. The molecule has 218 valence electrons. The van der Waals surface area contributed by atoms with Crippen LogP contribution in [-0.4, -0.2) is 71.3 Å². The number of carbonyl (C=O) groups is 3. The number of hydrogen-bond donors (Lipinski definition) is 1. The molecule has 2 bridgehead atoms. The Morgan fingerprint density at radius 1 is 1.23 bits per heavy atom. The van der Waals surface area contributed by atoms with Gasteiger partial charge in [-0.15, -0.1) is 13.2 Å². The summed E-state index contributed by atoms with van der Waals surface area (Å²) in [6.45, 7) is 12.2. The molecule has 3 heterocycles. The number of carbonyl (C=O) groups excluding carboxylic acids is 3. The third kappa shape index (κ3) is 5.10. The zero-order valence-electron chi connectivity index (χ0n) is 23.5. The zero-order chi connectivity index (χ0) is 29.1. The molecule has 40 heavy (non-hydrogen) atoms. The normalized spacial score (nSPS) is 30.3. The maximum Gasteiger partial charge on any atom is 0.312 e. The van der Waals surface area contributed by atoms with E-state index in [9.17, 15) is 19.5 Å². The quantitative estimate of drug-likeness (QED) is 0.200. The molecule has 3 aliphatic heterocycles. The number of rotatable bonds is 14. The molecule has 3 unspecified atom stereocenters. The average molecular weight is 573 g/mol. The largest absolute Gasteiger partial charge is 0.465 e. The smallest absolute Gasteiger partial charge is 0.312 e. The van der Waals surface area contributed by atoms with Crippen molar-refractivity contribution in [1.29, 1.82) is 0 Å². The summed E-state index contributed by atoms with van der Waals surface area (Å²) in [6.07, 6.45) is 7.13. The molecule has 1 N–H and O–H groups in total. The summed E-state index contributed by atoms with van der Waals surface area (Å²) in [5, 5.41) is 9.67. The molecule has 3 saturated heterocycles. The number of halogens is 1. The second-order valence-electron chi connectivity index (χ2n) is 11.3. The number of nitrogens with zero attached hydrogens (tertiary/aromatic N) is 2. The maximum absolute atomic E-state index is 14.6. The van der Waals surface area contributed by atoms with Gasteiger partial charge < -0.3 is 24.4 Å². The summed E-state index contributed by atoms with van der Waals surface area (Å²) in [7, 11) is 0. The van der Waals surface area contributed by atoms with Crippen LogP contribution in [0.2, 0.25) is 5.02 Å². The van der Waals surface area contributed by atoms with Crippen LogP contribution in [0.1, 0.15) is 52.4 Å². The molecular weight excluding hydrogens is 532 g/mol. The van der Waals surface area contributed by atoms with Crippen LogP contribution in [0.4, 0.5) is 5.69 Å². The van der Waals surface area contributed by atoms with Gasteiger partial charge in [-0.3, -0.25) is 14.4 Å². The number of allylic oxidation sites excluding steroid dienone is 1. The van der Waals surface area contributed by atoms with Gasteiger partial charge in [-0.25, -0.2) is 0 Å². The Bertz CT molecular complexity index is 1140. The molecule has 1 aromatic carbocycles. The van der Waals surface area contributed by atoms with Crippen molar-refractivity contribution in [3.8, 4) is 0 Å².